The zero-order valence-corrected chi connectivity index (χ0v) is 21.7. The van der Waals surface area contributed by atoms with Gasteiger partial charge in [0.1, 0.15) is 5.82 Å². The molecule has 1 aliphatic carbocycles. The number of halogens is 4. The normalized spacial score (nSPS) is 21.8. The summed E-state index contributed by atoms with van der Waals surface area (Å²) in [5.74, 6) is -3.92. The second kappa shape index (κ2) is 10.0. The van der Waals surface area contributed by atoms with Crippen molar-refractivity contribution in [3.8, 4) is 0 Å². The Balaban J connectivity index is 1.52. The van der Waals surface area contributed by atoms with Gasteiger partial charge in [0, 0.05) is 63.6 Å². The average molecular weight is 548 g/mol. The van der Waals surface area contributed by atoms with E-state index in [2.05, 4.69) is 15.2 Å². The van der Waals surface area contributed by atoms with Crippen molar-refractivity contribution in [3.63, 3.8) is 0 Å². The SMILES string of the molecule is CC(CC(=O)c1ccc(F)cc1Cl)C1(N2CCN(S(=O)(=O)c3cn(C)nn3)CC2)CCC(F)(F)CC1. The monoisotopic (exact) mass is 547 g/mol. The Bertz CT molecular complexity index is 1220. The van der Waals surface area contributed by atoms with E-state index in [0.29, 0.717) is 13.1 Å². The van der Waals surface area contributed by atoms with E-state index in [1.807, 2.05) is 6.92 Å². The average Bonchev–Trinajstić information content (AvgIpc) is 3.26. The summed E-state index contributed by atoms with van der Waals surface area (Å²) in [5.41, 5.74) is -0.507. The van der Waals surface area contributed by atoms with Gasteiger partial charge < -0.3 is 0 Å². The van der Waals surface area contributed by atoms with Gasteiger partial charge in [-0.05, 0) is 37.0 Å². The van der Waals surface area contributed by atoms with Crippen LogP contribution in [0.4, 0.5) is 13.2 Å². The van der Waals surface area contributed by atoms with Crippen LogP contribution >= 0.6 is 11.6 Å². The number of alkyl halides is 2. The second-order valence-electron chi connectivity index (χ2n) is 9.73. The molecule has 13 heteroatoms. The smallest absolute Gasteiger partial charge is 0.264 e. The van der Waals surface area contributed by atoms with Crippen LogP contribution in [0, 0.1) is 11.7 Å². The Labute approximate surface area is 213 Å². The maximum Gasteiger partial charge on any atom is 0.264 e. The van der Waals surface area contributed by atoms with Crippen molar-refractivity contribution in [2.24, 2.45) is 13.0 Å². The molecule has 2 fully saturated rings. The van der Waals surface area contributed by atoms with Crippen molar-refractivity contribution >= 4 is 27.4 Å². The summed E-state index contributed by atoms with van der Waals surface area (Å²) >= 11 is 6.08. The van der Waals surface area contributed by atoms with Crippen molar-refractivity contribution in [3.05, 3.63) is 40.8 Å². The maximum atomic E-state index is 14.2. The molecule has 1 aromatic carbocycles. The first-order chi connectivity index (χ1) is 16.8. The molecule has 0 spiro atoms. The summed E-state index contributed by atoms with van der Waals surface area (Å²) < 4.78 is 70.3. The largest absolute Gasteiger partial charge is 0.295 e. The highest BCUT2D eigenvalue weighted by atomic mass is 35.5. The minimum absolute atomic E-state index is 0.0132. The molecule has 0 radical (unpaired) electrons. The number of carbonyl (C=O) groups is 1. The van der Waals surface area contributed by atoms with Crippen LogP contribution in [0.3, 0.4) is 0 Å². The summed E-state index contributed by atoms with van der Waals surface area (Å²) in [7, 11) is -2.25. The number of hydrogen-bond acceptors (Lipinski definition) is 6. The van der Waals surface area contributed by atoms with Gasteiger partial charge in [-0.2, -0.15) is 4.31 Å². The molecular formula is C23H29ClF3N5O3S. The van der Waals surface area contributed by atoms with E-state index in [1.165, 1.54) is 21.3 Å². The Morgan fingerprint density at radius 2 is 1.78 bits per heavy atom. The van der Waals surface area contributed by atoms with Gasteiger partial charge in [-0.1, -0.05) is 23.7 Å². The molecule has 4 rings (SSSR count). The molecule has 0 bridgehead atoms. The van der Waals surface area contributed by atoms with Gasteiger partial charge in [-0.3, -0.25) is 14.4 Å². The number of carbonyl (C=O) groups excluding carboxylic acids is 1. The minimum atomic E-state index is -3.82. The lowest BCUT2D eigenvalue weighted by Gasteiger charge is -2.53. The summed E-state index contributed by atoms with van der Waals surface area (Å²) in [4.78, 5) is 15.1. The number of aromatic nitrogens is 3. The third kappa shape index (κ3) is 5.32. The highest BCUT2D eigenvalue weighted by molar-refractivity contribution is 7.89. The number of piperazine rings is 1. The van der Waals surface area contributed by atoms with Crippen molar-refractivity contribution in [2.75, 3.05) is 26.2 Å². The van der Waals surface area contributed by atoms with Crippen LogP contribution in [-0.4, -0.2) is 76.0 Å². The highest BCUT2D eigenvalue weighted by Crippen LogP contribution is 2.47. The molecule has 1 aromatic heterocycles. The quantitative estimate of drug-likeness (QED) is 0.490. The van der Waals surface area contributed by atoms with Crippen LogP contribution in [0.25, 0.3) is 0 Å². The number of sulfonamides is 1. The molecule has 36 heavy (non-hydrogen) atoms. The predicted octanol–water partition coefficient (Wildman–Crippen LogP) is 3.77. The fraction of sp³-hybridized carbons (Fsp3) is 0.609. The van der Waals surface area contributed by atoms with Crippen molar-refractivity contribution in [2.45, 2.75) is 55.5 Å². The first kappa shape index (κ1) is 27.0. The third-order valence-electron chi connectivity index (χ3n) is 7.54. The first-order valence-corrected chi connectivity index (χ1v) is 13.6. The summed E-state index contributed by atoms with van der Waals surface area (Å²) in [5, 5.41) is 7.29. The number of hydrogen-bond donors (Lipinski definition) is 0. The molecule has 8 nitrogen and oxygen atoms in total. The highest BCUT2D eigenvalue weighted by Gasteiger charge is 2.50. The van der Waals surface area contributed by atoms with Crippen LogP contribution in [0.2, 0.25) is 5.02 Å². The predicted molar refractivity (Wildman–Crippen MR) is 127 cm³/mol. The molecular weight excluding hydrogens is 519 g/mol. The molecule has 1 atom stereocenters. The first-order valence-electron chi connectivity index (χ1n) is 11.8. The Morgan fingerprint density at radius 3 is 2.33 bits per heavy atom. The van der Waals surface area contributed by atoms with E-state index in [4.69, 9.17) is 11.6 Å². The third-order valence-corrected chi connectivity index (χ3v) is 9.62. The van der Waals surface area contributed by atoms with Crippen molar-refractivity contribution in [1.29, 1.82) is 0 Å². The van der Waals surface area contributed by atoms with Gasteiger partial charge in [0.2, 0.25) is 10.9 Å². The van der Waals surface area contributed by atoms with E-state index in [0.717, 1.165) is 12.1 Å². The number of benzene rings is 1. The topological polar surface area (TPSA) is 88.4 Å². The van der Waals surface area contributed by atoms with Gasteiger partial charge in [-0.15, -0.1) is 5.10 Å². The fourth-order valence-electron chi connectivity index (χ4n) is 5.41. The van der Waals surface area contributed by atoms with E-state index >= 15 is 0 Å². The minimum Gasteiger partial charge on any atom is -0.295 e. The summed E-state index contributed by atoms with van der Waals surface area (Å²) in [6.07, 6.45) is 1.14. The van der Waals surface area contributed by atoms with Crippen LogP contribution in [0.15, 0.2) is 29.4 Å². The van der Waals surface area contributed by atoms with Gasteiger partial charge in [-0.25, -0.2) is 21.6 Å². The number of ketones is 1. The van der Waals surface area contributed by atoms with Gasteiger partial charge in [0.25, 0.3) is 10.0 Å². The van der Waals surface area contributed by atoms with E-state index in [1.54, 1.807) is 7.05 Å². The Hall–Kier alpha value is -2.02. The molecule has 2 heterocycles. The lowest BCUT2D eigenvalue weighted by Crippen LogP contribution is -2.62. The number of rotatable bonds is 7. The number of Topliss-reactive ketones (excluding diaryl/α,β-unsaturated/α-hetero) is 1. The Kier molecular flexibility index (Phi) is 7.53. The summed E-state index contributed by atoms with van der Waals surface area (Å²) in [6, 6.07) is 3.58. The summed E-state index contributed by atoms with van der Waals surface area (Å²) in [6.45, 7) is 2.87. The van der Waals surface area contributed by atoms with Crippen LogP contribution in [-0.2, 0) is 17.1 Å². The molecule has 2 aliphatic rings. The maximum absolute atomic E-state index is 14.2. The van der Waals surface area contributed by atoms with Gasteiger partial charge in [0.15, 0.2) is 5.78 Å². The lowest BCUT2D eigenvalue weighted by atomic mass is 9.69. The van der Waals surface area contributed by atoms with Crippen LogP contribution < -0.4 is 0 Å². The molecule has 1 saturated heterocycles. The Morgan fingerprint density at radius 1 is 1.14 bits per heavy atom. The zero-order chi connectivity index (χ0) is 26.3. The van der Waals surface area contributed by atoms with Crippen molar-refractivity contribution < 1.29 is 26.4 Å². The molecule has 1 saturated carbocycles. The number of aryl methyl sites for hydroxylation is 1. The molecule has 1 unspecified atom stereocenters. The van der Waals surface area contributed by atoms with Gasteiger partial charge in [0.05, 0.1) is 11.2 Å². The molecule has 0 amide bonds. The van der Waals surface area contributed by atoms with Crippen molar-refractivity contribution in [1.82, 2.24) is 24.2 Å². The molecule has 2 aromatic rings. The molecule has 0 N–H and O–H groups in total. The zero-order valence-electron chi connectivity index (χ0n) is 20.1. The van der Waals surface area contributed by atoms with Crippen LogP contribution in [0.5, 0.6) is 0 Å². The van der Waals surface area contributed by atoms with E-state index in [-0.39, 0.29) is 72.5 Å². The fourth-order valence-corrected chi connectivity index (χ4v) is 7.02. The van der Waals surface area contributed by atoms with E-state index < -0.39 is 27.3 Å². The van der Waals surface area contributed by atoms with Gasteiger partial charge >= 0.3 is 0 Å². The van der Waals surface area contributed by atoms with E-state index in [9.17, 15) is 26.4 Å². The lowest BCUT2D eigenvalue weighted by molar-refractivity contribution is -0.103. The van der Waals surface area contributed by atoms with Crippen LogP contribution in [0.1, 0.15) is 49.4 Å². The molecule has 198 valence electrons. The standard InChI is InChI=1S/C23H29ClF3N5O3S/c1-16(13-20(33)18-4-3-17(25)14-19(18)24)22(5-7-23(26,27)8-6-22)31-9-11-32(12-10-31)36(34,35)21-15-30(2)29-28-21/h3-4,14-16H,5-13H2,1-2H3. The second-order valence-corrected chi connectivity index (χ2v) is 12.0. The molecule has 1 aliphatic heterocycles. The number of nitrogens with zero attached hydrogens (tertiary/aromatic N) is 5.